The highest BCUT2D eigenvalue weighted by Gasteiger charge is 2.35. The number of nitrogens with one attached hydrogen (secondary N) is 1. The number of carbonyl (C=O) groups excluding carboxylic acids is 2. The zero-order chi connectivity index (χ0) is 16.2. The van der Waals surface area contributed by atoms with E-state index in [0.29, 0.717) is 19.0 Å². The van der Waals surface area contributed by atoms with Crippen molar-refractivity contribution < 1.29 is 14.3 Å². The molecule has 1 aliphatic heterocycles. The second-order valence-corrected chi connectivity index (χ2v) is 6.28. The number of rotatable bonds is 6. The quantitative estimate of drug-likeness (QED) is 0.788. The normalized spacial score (nSPS) is 21.8. The predicted octanol–water partition coefficient (Wildman–Crippen LogP) is 0.689. The van der Waals surface area contributed by atoms with Crippen LogP contribution in [0.1, 0.15) is 18.4 Å². The number of benzene rings is 1. The van der Waals surface area contributed by atoms with Crippen LogP contribution in [0.15, 0.2) is 30.3 Å². The molecule has 6 nitrogen and oxygen atoms in total. The summed E-state index contributed by atoms with van der Waals surface area (Å²) in [6.45, 7) is 1.12. The van der Waals surface area contributed by atoms with E-state index < -0.39 is 6.04 Å². The molecule has 24 heavy (non-hydrogen) atoms. The molecule has 3 rings (SSSR count). The largest absolute Gasteiger partial charge is 0.369 e. The van der Waals surface area contributed by atoms with Crippen LogP contribution < -0.4 is 11.1 Å². The van der Waals surface area contributed by atoms with Crippen LogP contribution in [0.4, 0.5) is 0 Å². The molecular weight excluding hydrogens is 330 g/mol. The Kier molecular flexibility index (Phi) is 6.60. The summed E-state index contributed by atoms with van der Waals surface area (Å²) in [4.78, 5) is 26.2. The van der Waals surface area contributed by atoms with Crippen LogP contribution in [0.5, 0.6) is 0 Å². The Labute approximate surface area is 148 Å². The van der Waals surface area contributed by atoms with Crippen molar-refractivity contribution in [1.82, 2.24) is 10.2 Å². The monoisotopic (exact) mass is 353 g/mol. The average molecular weight is 354 g/mol. The highest BCUT2D eigenvalue weighted by Crippen LogP contribution is 2.31. The second kappa shape index (κ2) is 8.46. The van der Waals surface area contributed by atoms with E-state index in [1.54, 1.807) is 4.90 Å². The maximum atomic E-state index is 12.5. The summed E-state index contributed by atoms with van der Waals surface area (Å²) in [5.74, 6) is 0.178. The minimum Gasteiger partial charge on any atom is -0.369 e. The SMILES string of the molecule is Cl.NC(CNC(=O)[C@H]1COCC(=O)N1Cc1ccccc1)C1CC1. The van der Waals surface area contributed by atoms with Crippen molar-refractivity contribution in [2.24, 2.45) is 11.7 Å². The van der Waals surface area contributed by atoms with Crippen LogP contribution in [0.25, 0.3) is 0 Å². The number of nitrogens with two attached hydrogens (primary N) is 1. The van der Waals surface area contributed by atoms with E-state index in [1.807, 2.05) is 30.3 Å². The standard InChI is InChI=1S/C17H23N3O3.ClH/c18-14(13-6-7-13)8-19-17(22)15-10-23-11-16(21)20(15)9-12-4-2-1-3-5-12;/h1-5,13-15H,6-11,18H2,(H,19,22);1H/t14?,15-;/m1./s1. The summed E-state index contributed by atoms with van der Waals surface area (Å²) in [6, 6.07) is 9.06. The molecule has 1 heterocycles. The van der Waals surface area contributed by atoms with Gasteiger partial charge >= 0.3 is 0 Å². The van der Waals surface area contributed by atoms with Gasteiger partial charge in [-0.05, 0) is 24.3 Å². The van der Waals surface area contributed by atoms with Gasteiger partial charge in [0.25, 0.3) is 0 Å². The number of morpholine rings is 1. The molecule has 0 bridgehead atoms. The fourth-order valence-electron chi connectivity index (χ4n) is 2.83. The van der Waals surface area contributed by atoms with Gasteiger partial charge in [-0.25, -0.2) is 0 Å². The maximum Gasteiger partial charge on any atom is 0.249 e. The third-order valence-electron chi connectivity index (χ3n) is 4.44. The minimum atomic E-state index is -0.595. The first-order valence-corrected chi connectivity index (χ1v) is 8.09. The molecule has 2 fully saturated rings. The van der Waals surface area contributed by atoms with Crippen molar-refractivity contribution in [1.29, 1.82) is 0 Å². The van der Waals surface area contributed by atoms with E-state index in [1.165, 1.54) is 0 Å². The molecule has 1 unspecified atom stereocenters. The van der Waals surface area contributed by atoms with Gasteiger partial charge in [-0.1, -0.05) is 30.3 Å². The van der Waals surface area contributed by atoms with E-state index >= 15 is 0 Å². The highest BCUT2D eigenvalue weighted by molar-refractivity contribution is 5.89. The van der Waals surface area contributed by atoms with Gasteiger partial charge in [-0.2, -0.15) is 0 Å². The zero-order valence-corrected chi connectivity index (χ0v) is 14.3. The fourth-order valence-corrected chi connectivity index (χ4v) is 2.83. The molecule has 1 aliphatic carbocycles. The lowest BCUT2D eigenvalue weighted by atomic mass is 10.1. The second-order valence-electron chi connectivity index (χ2n) is 6.28. The van der Waals surface area contributed by atoms with Crippen molar-refractivity contribution in [3.63, 3.8) is 0 Å². The van der Waals surface area contributed by atoms with Crippen LogP contribution in [0, 0.1) is 5.92 Å². The van der Waals surface area contributed by atoms with Crippen LogP contribution in [-0.2, 0) is 20.9 Å². The van der Waals surface area contributed by atoms with Crippen molar-refractivity contribution in [3.8, 4) is 0 Å². The molecule has 7 heteroatoms. The van der Waals surface area contributed by atoms with Gasteiger partial charge in [0, 0.05) is 19.1 Å². The Morgan fingerprint density at radius 1 is 1.33 bits per heavy atom. The number of hydrogen-bond acceptors (Lipinski definition) is 4. The van der Waals surface area contributed by atoms with E-state index in [-0.39, 0.29) is 43.5 Å². The van der Waals surface area contributed by atoms with Gasteiger partial charge in [-0.15, -0.1) is 12.4 Å². The molecule has 3 N–H and O–H groups in total. The van der Waals surface area contributed by atoms with Gasteiger partial charge in [0.1, 0.15) is 12.6 Å². The molecule has 1 saturated carbocycles. The lowest BCUT2D eigenvalue weighted by Crippen LogP contribution is -2.57. The summed E-state index contributed by atoms with van der Waals surface area (Å²) >= 11 is 0. The number of amides is 2. The number of halogens is 1. The van der Waals surface area contributed by atoms with Crippen molar-refractivity contribution in [2.45, 2.75) is 31.5 Å². The molecule has 132 valence electrons. The first-order chi connectivity index (χ1) is 11.1. The fraction of sp³-hybridized carbons (Fsp3) is 0.529. The maximum absolute atomic E-state index is 12.5. The summed E-state index contributed by atoms with van der Waals surface area (Å²) in [7, 11) is 0. The number of carbonyl (C=O) groups is 2. The van der Waals surface area contributed by atoms with Crippen LogP contribution in [0.2, 0.25) is 0 Å². The van der Waals surface area contributed by atoms with Gasteiger partial charge in [0.05, 0.1) is 6.61 Å². The van der Waals surface area contributed by atoms with Gasteiger partial charge in [0.15, 0.2) is 0 Å². The smallest absolute Gasteiger partial charge is 0.249 e. The van der Waals surface area contributed by atoms with E-state index in [9.17, 15) is 9.59 Å². The van der Waals surface area contributed by atoms with Crippen molar-refractivity contribution >= 4 is 24.2 Å². The molecular formula is C17H24ClN3O3. The molecule has 2 aliphatic rings. The van der Waals surface area contributed by atoms with Gasteiger partial charge < -0.3 is 20.7 Å². The highest BCUT2D eigenvalue weighted by atomic mass is 35.5. The molecule has 0 aromatic heterocycles. The zero-order valence-electron chi connectivity index (χ0n) is 13.5. The molecule has 2 atom stereocenters. The first-order valence-electron chi connectivity index (χ1n) is 8.09. The van der Waals surface area contributed by atoms with Crippen LogP contribution in [0.3, 0.4) is 0 Å². The minimum absolute atomic E-state index is 0. The number of nitrogens with zero attached hydrogens (tertiary/aromatic N) is 1. The Morgan fingerprint density at radius 3 is 2.71 bits per heavy atom. The van der Waals surface area contributed by atoms with E-state index in [4.69, 9.17) is 10.5 Å². The molecule has 0 radical (unpaired) electrons. The Bertz CT molecular complexity index is 565. The lowest BCUT2D eigenvalue weighted by molar-refractivity contribution is -0.155. The molecule has 1 aromatic rings. The molecule has 1 saturated heterocycles. The number of hydrogen-bond donors (Lipinski definition) is 2. The van der Waals surface area contributed by atoms with E-state index in [2.05, 4.69) is 5.32 Å². The molecule has 2 amide bonds. The van der Waals surface area contributed by atoms with Crippen molar-refractivity contribution in [2.75, 3.05) is 19.8 Å². The number of ether oxygens (including phenoxy) is 1. The Balaban J connectivity index is 0.00000208. The molecule has 1 aromatic carbocycles. The topological polar surface area (TPSA) is 84.7 Å². The Hall–Kier alpha value is -1.63. The summed E-state index contributed by atoms with van der Waals surface area (Å²) in [5.41, 5.74) is 7.01. The van der Waals surface area contributed by atoms with E-state index in [0.717, 1.165) is 18.4 Å². The lowest BCUT2D eigenvalue weighted by Gasteiger charge is -2.34. The van der Waals surface area contributed by atoms with Crippen LogP contribution >= 0.6 is 12.4 Å². The summed E-state index contributed by atoms with van der Waals surface area (Å²) in [6.07, 6.45) is 2.28. The Morgan fingerprint density at radius 2 is 2.04 bits per heavy atom. The molecule has 0 spiro atoms. The summed E-state index contributed by atoms with van der Waals surface area (Å²) < 4.78 is 5.27. The van der Waals surface area contributed by atoms with Gasteiger partial charge in [0.2, 0.25) is 11.8 Å². The third kappa shape index (κ3) is 4.69. The third-order valence-corrected chi connectivity index (χ3v) is 4.44. The van der Waals surface area contributed by atoms with Gasteiger partial charge in [-0.3, -0.25) is 9.59 Å². The summed E-state index contributed by atoms with van der Waals surface area (Å²) in [5, 5.41) is 2.87. The average Bonchev–Trinajstić information content (AvgIpc) is 3.40. The first kappa shape index (κ1) is 18.7. The van der Waals surface area contributed by atoms with Crippen molar-refractivity contribution in [3.05, 3.63) is 35.9 Å². The van der Waals surface area contributed by atoms with Crippen LogP contribution in [-0.4, -0.2) is 48.6 Å². The predicted molar refractivity (Wildman–Crippen MR) is 92.6 cm³/mol.